The number of hydrogen-bond donors (Lipinski definition) is 6. The maximum absolute atomic E-state index is 12.5. The van der Waals surface area contributed by atoms with E-state index in [0.717, 1.165) is 117 Å². The Hall–Kier alpha value is -7.19. The molecule has 4 aliphatic heterocycles. The molecular weight excluding hydrogens is 1460 g/mol. The summed E-state index contributed by atoms with van der Waals surface area (Å²) < 4.78 is 0. The van der Waals surface area contributed by atoms with Crippen LogP contribution in [0, 0.1) is 28.6 Å². The predicted molar refractivity (Wildman–Crippen MR) is 428 cm³/mol. The van der Waals surface area contributed by atoms with Crippen molar-refractivity contribution < 1.29 is 58.2 Å². The number of aliphatic carboxylic acids is 2. The van der Waals surface area contributed by atoms with E-state index >= 15 is 0 Å². The van der Waals surface area contributed by atoms with Gasteiger partial charge in [0.05, 0.1) is 29.0 Å². The number of ketones is 5. The number of carboxylic acid groups (broad SMARTS) is 2. The molecule has 3 aromatic carbocycles. The topological polar surface area (TPSA) is 342 Å². The summed E-state index contributed by atoms with van der Waals surface area (Å²) >= 11 is 18.9. The number of halogens is 3. The molecule has 2 saturated heterocycles. The number of benzene rings is 3. The van der Waals surface area contributed by atoms with Crippen LogP contribution in [0.4, 0.5) is 0 Å². The molecule has 0 radical (unpaired) electrons. The van der Waals surface area contributed by atoms with E-state index < -0.39 is 23.9 Å². The van der Waals surface area contributed by atoms with Crippen LogP contribution in [0.1, 0.15) is 214 Å². The normalized spacial score (nSPS) is 20.0. The number of amidine groups is 1. The summed E-state index contributed by atoms with van der Waals surface area (Å²) in [6, 6.07) is 24.3. The fourth-order valence-electron chi connectivity index (χ4n) is 14.3. The van der Waals surface area contributed by atoms with Gasteiger partial charge in [-0.2, -0.15) is 5.01 Å². The number of carbonyl (C=O) groups excluding carboxylic acids is 8. The average molecular weight is 1580 g/mol. The maximum atomic E-state index is 12.5. The van der Waals surface area contributed by atoms with Gasteiger partial charge in [0.1, 0.15) is 17.6 Å². The number of nitrogens with one attached hydrogen (secondary N) is 2. The monoisotopic (exact) mass is 1570 g/mol. The van der Waals surface area contributed by atoms with Gasteiger partial charge in [0.2, 0.25) is 24.0 Å². The fraction of sp³-hybridized carbons (Fsp3) is 0.593. The largest absolute Gasteiger partial charge is 0.481 e. The van der Waals surface area contributed by atoms with Crippen LogP contribution in [0.15, 0.2) is 112 Å². The Morgan fingerprint density at radius 1 is 0.806 bits per heavy atom. The van der Waals surface area contributed by atoms with Crippen molar-refractivity contribution in [2.45, 2.75) is 212 Å². The molecule has 10 rings (SSSR count). The van der Waals surface area contributed by atoms with Gasteiger partial charge >= 0.3 is 11.9 Å². The summed E-state index contributed by atoms with van der Waals surface area (Å²) in [7, 11) is 2.09. The summed E-state index contributed by atoms with van der Waals surface area (Å²) in [5.74, 6) is -0.190. The van der Waals surface area contributed by atoms with Gasteiger partial charge in [0.25, 0.3) is 0 Å². The van der Waals surface area contributed by atoms with Crippen LogP contribution in [0.25, 0.3) is 0 Å². The van der Waals surface area contributed by atoms with Crippen LogP contribution in [0.2, 0.25) is 0 Å². The first-order valence-electron chi connectivity index (χ1n) is 38.4. The molecule has 7 aliphatic rings. The minimum atomic E-state index is -1.08. The summed E-state index contributed by atoms with van der Waals surface area (Å²) in [6.45, 7) is 13.1. The third-order valence-electron chi connectivity index (χ3n) is 20.2. The zero-order chi connectivity index (χ0) is 79.1. The highest BCUT2D eigenvalue weighted by molar-refractivity contribution is 8.14. The van der Waals surface area contributed by atoms with Gasteiger partial charge in [-0.25, -0.2) is 0 Å². The number of nitroso groups, excluding NO2 is 1. The molecule has 8 atom stereocenters. The smallest absolute Gasteiger partial charge is 0.320 e. The molecule has 4 fully saturated rings. The second-order valence-electron chi connectivity index (χ2n) is 28.6. The van der Waals surface area contributed by atoms with E-state index in [9.17, 15) is 58.0 Å². The molecule has 594 valence electrons. The molecule has 8 N–H and O–H groups in total. The fourth-order valence-corrected chi connectivity index (χ4v) is 16.0. The number of aliphatic imine (C=N–C) groups is 1. The first kappa shape index (κ1) is 91.4. The number of aryl methyl sites for hydroxylation is 1. The van der Waals surface area contributed by atoms with Gasteiger partial charge in [-0.15, -0.1) is 39.7 Å². The van der Waals surface area contributed by atoms with Gasteiger partial charge in [-0.3, -0.25) is 48.1 Å². The van der Waals surface area contributed by atoms with Crippen molar-refractivity contribution in [3.63, 3.8) is 0 Å². The number of carbonyl (C=O) groups is 10. The lowest BCUT2D eigenvalue weighted by Gasteiger charge is -2.37. The number of alkyl halides is 3. The minimum Gasteiger partial charge on any atom is -0.481 e. The Labute approximate surface area is 657 Å². The van der Waals surface area contributed by atoms with E-state index in [1.807, 2.05) is 62.0 Å². The third-order valence-corrected chi connectivity index (χ3v) is 21.9. The highest BCUT2D eigenvalue weighted by Gasteiger charge is 2.42. The summed E-state index contributed by atoms with van der Waals surface area (Å²) in [5, 5.41) is 29.2. The molecule has 3 aromatic rings. The van der Waals surface area contributed by atoms with Crippen molar-refractivity contribution in [2.24, 2.45) is 45.4 Å². The second-order valence-corrected chi connectivity index (χ2v) is 30.8. The lowest BCUT2D eigenvalue weighted by Crippen LogP contribution is -2.41. The number of Topliss-reactive ketones (excluding diaryl/α,β-unsaturated/α-hetero) is 4. The zero-order valence-electron chi connectivity index (χ0n) is 63.7. The Balaban J connectivity index is 0.000000245. The molecule has 27 heteroatoms. The van der Waals surface area contributed by atoms with Crippen LogP contribution in [-0.4, -0.2) is 182 Å². The Morgan fingerprint density at radius 2 is 1.49 bits per heavy atom. The molecule has 108 heavy (non-hydrogen) atoms. The number of allylic oxidation sites excluding steroid dienone is 2. The molecule has 4 heterocycles. The van der Waals surface area contributed by atoms with E-state index in [1.54, 1.807) is 12.1 Å². The molecule has 3 aliphatic carbocycles. The number of nitrogens with zero attached hydrogens (tertiary/aromatic N) is 6. The van der Waals surface area contributed by atoms with E-state index in [2.05, 4.69) is 70.0 Å². The van der Waals surface area contributed by atoms with Crippen molar-refractivity contribution in [1.29, 1.82) is 0 Å². The molecule has 0 aromatic heterocycles. The summed E-state index contributed by atoms with van der Waals surface area (Å²) in [6.07, 6.45) is 19.5. The van der Waals surface area contributed by atoms with E-state index in [-0.39, 0.29) is 90.0 Å². The van der Waals surface area contributed by atoms with Crippen molar-refractivity contribution >= 4 is 111 Å². The lowest BCUT2D eigenvalue weighted by molar-refractivity contribution is -0.142. The Kier molecular flexibility index (Phi) is 42.2. The number of nitrogens with two attached hydrogens (primary N) is 2. The van der Waals surface area contributed by atoms with Crippen LogP contribution in [-0.2, 0) is 56.0 Å². The summed E-state index contributed by atoms with van der Waals surface area (Å²) in [4.78, 5) is 138. The number of hydrogen-bond acceptors (Lipinski definition) is 19. The number of rotatable bonds is 34. The van der Waals surface area contributed by atoms with Gasteiger partial charge in [-0.1, -0.05) is 137 Å². The number of amides is 3. The highest BCUT2D eigenvalue weighted by Crippen LogP contribution is 2.38. The van der Waals surface area contributed by atoms with Crippen molar-refractivity contribution in [2.75, 3.05) is 69.7 Å². The van der Waals surface area contributed by atoms with E-state index in [4.69, 9.17) is 56.4 Å². The van der Waals surface area contributed by atoms with Crippen LogP contribution >= 0.6 is 46.6 Å². The first-order chi connectivity index (χ1) is 51.9. The SMILES string of the molecule is CC(=O)CC[C@H](CC(=O)c1ccc(CCC2CCC3=C(C(=O)C=C(N)C3)N2C=O)cc1)C(=O)O.CCCC(=O)C1CCCC1C(=O)C1CCC(=O)N1.CCCN(C)CCCl.CCCN(N=O)C(=O)CC1CCCCC1.N[C@@H](Cc1ccc(C(CCl)NCCCl)cc1)C(=O)O.c1ccc([C@H]2CN3CCSC3=N2)cc1. The molecule has 5 unspecified atom stereocenters. The molecule has 3 amide bonds. The van der Waals surface area contributed by atoms with Crippen LogP contribution in [0.3, 0.4) is 0 Å². The third kappa shape index (κ3) is 30.9. The highest BCUT2D eigenvalue weighted by atomic mass is 35.5. The van der Waals surface area contributed by atoms with Gasteiger partial charge in [0, 0.05) is 136 Å². The van der Waals surface area contributed by atoms with Crippen molar-refractivity contribution in [3.8, 4) is 0 Å². The molecular formula is C81H115Cl3N10O13S. The molecule has 0 bridgehead atoms. The van der Waals surface area contributed by atoms with E-state index in [0.29, 0.717) is 105 Å². The van der Waals surface area contributed by atoms with Crippen molar-refractivity contribution in [1.82, 2.24) is 30.3 Å². The Morgan fingerprint density at radius 3 is 2.07 bits per heavy atom. The van der Waals surface area contributed by atoms with Crippen molar-refractivity contribution in [3.05, 3.63) is 135 Å². The first-order valence-corrected chi connectivity index (χ1v) is 41.0. The quantitative estimate of drug-likeness (QED) is 0.0106. The Bertz CT molecular complexity index is 3480. The number of thioether (sulfide) groups is 1. The number of carboxylic acids is 2. The maximum Gasteiger partial charge on any atom is 0.320 e. The van der Waals surface area contributed by atoms with Gasteiger partial charge in [0.15, 0.2) is 16.7 Å². The second kappa shape index (κ2) is 49.9. The summed E-state index contributed by atoms with van der Waals surface area (Å²) in [5.41, 5.74) is 17.9. The lowest BCUT2D eigenvalue weighted by atomic mass is 9.84. The van der Waals surface area contributed by atoms with Gasteiger partial charge in [-0.05, 0) is 144 Å². The van der Waals surface area contributed by atoms with E-state index in [1.165, 1.54) is 66.6 Å². The standard InChI is InChI=1S/C26H30N2O6.C14H21NO3.C13H18Cl2N2O2.C11H20N2O2.C11H12N2S.C6H14ClN/c1-16(30)2-6-20(26(33)34)13-23(31)18-7-3-17(4-8-18)5-10-22-11-9-19-12-21(27)14-24(32)25(19)28(22)15-29;1-2-4-12(16)9-5-3-6-10(9)14(18)11-7-8-13(17)15-11;14-5-6-17-12(8-15)10-3-1-9(2-4-10)7-11(16)13(18)19;1-2-8-13(12-15)11(14)9-10-6-4-3-5-7-10;1-2-4-9(5-3-1)10-8-13-6-7-14-11(13)12-10;1-3-5-8(2)6-4-7/h3-4,7-8,14-15,20,22H,2,5-6,9-13,27H2,1H3,(H,33,34);9-11H,2-8H2,1H3,(H,15,17);1-4,11-12,17H,5-8,16H2,(H,18,19);10H,2-9H2,1H3;1-5,10H,6-8H2;3-6H2,1-2H3/t20-,22?;;11-,12?;;10-;/m1.0.1./s1. The molecule has 0 spiro atoms. The van der Waals surface area contributed by atoms with Crippen LogP contribution < -0.4 is 22.1 Å². The molecule has 23 nitrogen and oxygen atoms in total. The van der Waals surface area contributed by atoms with Crippen LogP contribution in [0.5, 0.6) is 0 Å². The number of fused-ring (bicyclic) bond motifs is 1. The molecule has 2 saturated carbocycles. The zero-order valence-corrected chi connectivity index (χ0v) is 66.7. The minimum absolute atomic E-state index is 0.0391. The predicted octanol–water partition coefficient (Wildman–Crippen LogP) is 12.9. The average Bonchev–Trinajstić information content (AvgIpc) is 1.11. The van der Waals surface area contributed by atoms with Gasteiger partial charge < -0.3 is 51.8 Å².